The Bertz CT molecular complexity index is 960. The van der Waals surface area contributed by atoms with Crippen LogP contribution in [-0.4, -0.2) is 56.2 Å². The van der Waals surface area contributed by atoms with Crippen LogP contribution in [0.4, 0.5) is 4.39 Å². The van der Waals surface area contributed by atoms with Crippen molar-refractivity contribution in [1.29, 1.82) is 0 Å². The highest BCUT2D eigenvalue weighted by molar-refractivity contribution is 7.89. The van der Waals surface area contributed by atoms with E-state index in [9.17, 15) is 21.2 Å². The number of hydrogen-bond acceptors (Lipinski definition) is 4. The standard InChI is InChI=1S/C15H18FN3O4S2/c1-17-7-6-15(12-17)25(22,23)19-10-8-18(9-11-19)24(20,21)14-4-2-13(16)3-5-14/h2-7,12H,8-11H2,1H3. The summed E-state index contributed by atoms with van der Waals surface area (Å²) in [5.74, 6) is -0.516. The molecule has 1 aliphatic heterocycles. The smallest absolute Gasteiger partial charge is 0.244 e. The molecule has 0 N–H and O–H groups in total. The average Bonchev–Trinajstić information content (AvgIpc) is 3.03. The predicted molar refractivity (Wildman–Crippen MR) is 89.3 cm³/mol. The third kappa shape index (κ3) is 3.47. The van der Waals surface area contributed by atoms with Crippen LogP contribution in [0.25, 0.3) is 0 Å². The zero-order chi connectivity index (χ0) is 18.2. The molecule has 0 bridgehead atoms. The van der Waals surface area contributed by atoms with Crippen molar-refractivity contribution >= 4 is 20.0 Å². The molecule has 2 heterocycles. The number of halogens is 1. The second kappa shape index (κ2) is 6.52. The van der Waals surface area contributed by atoms with Crippen LogP contribution in [0.3, 0.4) is 0 Å². The fourth-order valence-electron chi connectivity index (χ4n) is 2.69. The number of rotatable bonds is 4. The molecule has 1 aromatic heterocycles. The first-order valence-electron chi connectivity index (χ1n) is 7.59. The highest BCUT2D eigenvalue weighted by Crippen LogP contribution is 2.22. The number of hydrogen-bond donors (Lipinski definition) is 0. The van der Waals surface area contributed by atoms with Gasteiger partial charge in [0.25, 0.3) is 0 Å². The molecule has 0 radical (unpaired) electrons. The largest absolute Gasteiger partial charge is 0.356 e. The van der Waals surface area contributed by atoms with Gasteiger partial charge in [0.2, 0.25) is 20.0 Å². The Morgan fingerprint density at radius 1 is 0.800 bits per heavy atom. The molecule has 0 unspecified atom stereocenters. The van der Waals surface area contributed by atoms with Gasteiger partial charge in [0, 0.05) is 45.6 Å². The van der Waals surface area contributed by atoms with Gasteiger partial charge in [-0.15, -0.1) is 0 Å². The molecule has 10 heteroatoms. The van der Waals surface area contributed by atoms with E-state index in [1.165, 1.54) is 33.0 Å². The molecule has 1 saturated heterocycles. The Hall–Kier alpha value is -1.75. The van der Waals surface area contributed by atoms with Gasteiger partial charge in [0.1, 0.15) is 5.82 Å². The molecule has 2 aromatic rings. The van der Waals surface area contributed by atoms with E-state index in [0.29, 0.717) is 0 Å². The summed E-state index contributed by atoms with van der Waals surface area (Å²) in [5.41, 5.74) is 0. The van der Waals surface area contributed by atoms with Gasteiger partial charge >= 0.3 is 0 Å². The van der Waals surface area contributed by atoms with Crippen LogP contribution in [-0.2, 0) is 27.1 Å². The van der Waals surface area contributed by atoms with Crippen molar-refractivity contribution in [3.63, 3.8) is 0 Å². The lowest BCUT2D eigenvalue weighted by Gasteiger charge is -2.33. The van der Waals surface area contributed by atoms with Crippen LogP contribution in [0.2, 0.25) is 0 Å². The molecule has 1 aromatic carbocycles. The first-order valence-corrected chi connectivity index (χ1v) is 10.5. The quantitative estimate of drug-likeness (QED) is 0.779. The summed E-state index contributed by atoms with van der Waals surface area (Å²) < 4.78 is 67.4. The summed E-state index contributed by atoms with van der Waals surface area (Å²) in [7, 11) is -5.68. The molecular weight excluding hydrogens is 369 g/mol. The van der Waals surface area contributed by atoms with Gasteiger partial charge in [-0.05, 0) is 30.3 Å². The highest BCUT2D eigenvalue weighted by Gasteiger charge is 2.33. The van der Waals surface area contributed by atoms with Gasteiger partial charge in [-0.1, -0.05) is 0 Å². The monoisotopic (exact) mass is 387 g/mol. The molecule has 7 nitrogen and oxygen atoms in total. The molecule has 0 spiro atoms. The van der Waals surface area contributed by atoms with E-state index in [0.717, 1.165) is 12.1 Å². The molecule has 0 aliphatic carbocycles. The minimum absolute atomic E-state index is 0.00623. The Morgan fingerprint density at radius 2 is 1.28 bits per heavy atom. The molecular formula is C15H18FN3O4S2. The topological polar surface area (TPSA) is 79.7 Å². The van der Waals surface area contributed by atoms with Gasteiger partial charge in [-0.3, -0.25) is 0 Å². The number of nitrogens with zero attached hydrogens (tertiary/aromatic N) is 3. The Labute approximate surface area is 146 Å². The predicted octanol–water partition coefficient (Wildman–Crippen LogP) is 0.859. The van der Waals surface area contributed by atoms with Gasteiger partial charge < -0.3 is 4.57 Å². The Kier molecular flexibility index (Phi) is 4.71. The minimum Gasteiger partial charge on any atom is -0.356 e. The van der Waals surface area contributed by atoms with E-state index in [1.54, 1.807) is 17.8 Å². The van der Waals surface area contributed by atoms with Gasteiger partial charge in [0.05, 0.1) is 9.79 Å². The van der Waals surface area contributed by atoms with E-state index in [1.807, 2.05) is 0 Å². The first kappa shape index (κ1) is 18.1. The van der Waals surface area contributed by atoms with Crippen LogP contribution >= 0.6 is 0 Å². The van der Waals surface area contributed by atoms with Crippen molar-refractivity contribution in [2.75, 3.05) is 26.2 Å². The van der Waals surface area contributed by atoms with Gasteiger partial charge in [-0.2, -0.15) is 8.61 Å². The minimum atomic E-state index is -3.77. The van der Waals surface area contributed by atoms with Crippen LogP contribution in [0.5, 0.6) is 0 Å². The maximum Gasteiger partial charge on any atom is 0.244 e. The van der Waals surface area contributed by atoms with Crippen molar-refractivity contribution < 1.29 is 21.2 Å². The molecule has 1 aliphatic rings. The number of piperazine rings is 1. The van der Waals surface area contributed by atoms with Crippen molar-refractivity contribution in [2.45, 2.75) is 9.79 Å². The maximum absolute atomic E-state index is 13.0. The van der Waals surface area contributed by atoms with E-state index in [-0.39, 0.29) is 36.0 Å². The van der Waals surface area contributed by atoms with Crippen LogP contribution in [0.15, 0.2) is 52.5 Å². The van der Waals surface area contributed by atoms with Crippen molar-refractivity contribution in [2.24, 2.45) is 7.05 Å². The number of aryl methyl sites for hydroxylation is 1. The number of sulfonamides is 2. The summed E-state index contributed by atoms with van der Waals surface area (Å²) in [6.07, 6.45) is 3.15. The zero-order valence-electron chi connectivity index (χ0n) is 13.5. The molecule has 3 rings (SSSR count). The van der Waals surface area contributed by atoms with Crippen LogP contribution in [0, 0.1) is 5.82 Å². The Morgan fingerprint density at radius 3 is 1.72 bits per heavy atom. The third-order valence-electron chi connectivity index (χ3n) is 4.09. The second-order valence-electron chi connectivity index (χ2n) is 5.77. The lowest BCUT2D eigenvalue weighted by Crippen LogP contribution is -2.50. The van der Waals surface area contributed by atoms with Crippen molar-refractivity contribution in [1.82, 2.24) is 13.2 Å². The van der Waals surface area contributed by atoms with E-state index in [4.69, 9.17) is 0 Å². The first-order chi connectivity index (χ1) is 11.7. The Balaban J connectivity index is 1.74. The van der Waals surface area contributed by atoms with Crippen LogP contribution in [0.1, 0.15) is 0 Å². The molecule has 0 amide bonds. The molecule has 136 valence electrons. The van der Waals surface area contributed by atoms with Crippen molar-refractivity contribution in [3.8, 4) is 0 Å². The fraction of sp³-hybridized carbons (Fsp3) is 0.333. The van der Waals surface area contributed by atoms with Crippen molar-refractivity contribution in [3.05, 3.63) is 48.5 Å². The average molecular weight is 387 g/mol. The van der Waals surface area contributed by atoms with Gasteiger partial charge in [-0.25, -0.2) is 21.2 Å². The maximum atomic E-state index is 13.0. The molecule has 1 fully saturated rings. The summed E-state index contributed by atoms with van der Waals surface area (Å²) in [6.45, 7) is 0.229. The summed E-state index contributed by atoms with van der Waals surface area (Å²) in [6, 6.07) is 6.10. The summed E-state index contributed by atoms with van der Waals surface area (Å²) >= 11 is 0. The van der Waals surface area contributed by atoms with Crippen LogP contribution < -0.4 is 0 Å². The summed E-state index contributed by atoms with van der Waals surface area (Å²) in [5, 5.41) is 0. The summed E-state index contributed by atoms with van der Waals surface area (Å²) in [4.78, 5) is 0.179. The lowest BCUT2D eigenvalue weighted by molar-refractivity contribution is 0.273. The van der Waals surface area contributed by atoms with E-state index in [2.05, 4.69) is 0 Å². The third-order valence-corrected chi connectivity index (χ3v) is 7.89. The number of aromatic nitrogens is 1. The van der Waals surface area contributed by atoms with Gasteiger partial charge in [0.15, 0.2) is 0 Å². The second-order valence-corrected chi connectivity index (χ2v) is 9.65. The molecule has 0 atom stereocenters. The normalized spacial score (nSPS) is 17.7. The molecule has 25 heavy (non-hydrogen) atoms. The van der Waals surface area contributed by atoms with E-state index < -0.39 is 25.9 Å². The SMILES string of the molecule is Cn1ccc(S(=O)(=O)N2CCN(S(=O)(=O)c3ccc(F)cc3)CC2)c1. The lowest BCUT2D eigenvalue weighted by atomic mass is 10.4. The van der Waals surface area contributed by atoms with E-state index >= 15 is 0 Å². The zero-order valence-corrected chi connectivity index (χ0v) is 15.2. The fourth-order valence-corrected chi connectivity index (χ4v) is 5.58. The highest BCUT2D eigenvalue weighted by atomic mass is 32.2. The number of benzene rings is 1. The molecule has 0 saturated carbocycles.